The van der Waals surface area contributed by atoms with Gasteiger partial charge in [0.1, 0.15) is 11.4 Å². The van der Waals surface area contributed by atoms with E-state index in [0.717, 1.165) is 28.7 Å². The first-order chi connectivity index (χ1) is 7.83. The van der Waals surface area contributed by atoms with Gasteiger partial charge in [0.15, 0.2) is 12.2 Å². The van der Waals surface area contributed by atoms with Crippen LogP contribution in [0, 0.1) is 6.92 Å². The molecular formula is C11H13N3OS. The van der Waals surface area contributed by atoms with Gasteiger partial charge >= 0.3 is 0 Å². The van der Waals surface area contributed by atoms with E-state index in [1.807, 2.05) is 12.3 Å². The number of hydrogen-bond donors (Lipinski definition) is 1. The van der Waals surface area contributed by atoms with Crippen LogP contribution in [0.3, 0.4) is 0 Å². The zero-order valence-corrected chi connectivity index (χ0v) is 9.88. The van der Waals surface area contributed by atoms with Crippen LogP contribution in [0.4, 0.5) is 0 Å². The van der Waals surface area contributed by atoms with E-state index in [4.69, 9.17) is 4.42 Å². The van der Waals surface area contributed by atoms with Crippen molar-refractivity contribution in [3.63, 3.8) is 0 Å². The molecule has 1 N–H and O–H groups in total. The summed E-state index contributed by atoms with van der Waals surface area (Å²) in [5.74, 6) is 0.803. The zero-order valence-electron chi connectivity index (χ0n) is 9.06. The lowest BCUT2D eigenvalue weighted by molar-refractivity contribution is 0.567. The van der Waals surface area contributed by atoms with Crippen LogP contribution in [0.25, 0.3) is 11.5 Å². The van der Waals surface area contributed by atoms with Gasteiger partial charge in [-0.25, -0.2) is 9.97 Å². The van der Waals surface area contributed by atoms with Crippen molar-refractivity contribution in [3.05, 3.63) is 22.5 Å². The maximum atomic E-state index is 5.41. The second-order valence-electron chi connectivity index (χ2n) is 4.04. The number of aryl methyl sites for hydroxylation is 1. The number of thiazole rings is 1. The lowest BCUT2D eigenvalue weighted by Crippen LogP contribution is -2.15. The monoisotopic (exact) mass is 235 g/mol. The number of hydrogen-bond acceptors (Lipinski definition) is 5. The average Bonchev–Trinajstić information content (AvgIpc) is 2.82. The molecule has 16 heavy (non-hydrogen) atoms. The highest BCUT2D eigenvalue weighted by Crippen LogP contribution is 2.25. The summed E-state index contributed by atoms with van der Waals surface area (Å²) < 4.78 is 5.41. The number of nitrogens with one attached hydrogen (secondary N) is 1. The smallest absolute Gasteiger partial charge is 0.181 e. The van der Waals surface area contributed by atoms with E-state index in [0.29, 0.717) is 6.04 Å². The molecule has 0 bridgehead atoms. The summed E-state index contributed by atoms with van der Waals surface area (Å²) in [7, 11) is 0. The van der Waals surface area contributed by atoms with Crippen molar-refractivity contribution < 1.29 is 4.42 Å². The fourth-order valence-electron chi connectivity index (χ4n) is 1.60. The second-order valence-corrected chi connectivity index (χ2v) is 5.10. The molecule has 2 aromatic rings. The Balaban J connectivity index is 1.80. The number of rotatable bonds is 4. The summed E-state index contributed by atoms with van der Waals surface area (Å²) in [6.07, 6.45) is 4.06. The van der Waals surface area contributed by atoms with E-state index in [2.05, 4.69) is 15.3 Å². The Labute approximate surface area is 97.7 Å². The molecule has 0 aliphatic heterocycles. The van der Waals surface area contributed by atoms with Crippen LogP contribution in [-0.4, -0.2) is 16.0 Å². The van der Waals surface area contributed by atoms with Crippen molar-refractivity contribution in [2.45, 2.75) is 32.4 Å². The summed E-state index contributed by atoms with van der Waals surface area (Å²) in [6, 6.07) is 0.682. The molecule has 0 radical (unpaired) electrons. The third-order valence-corrected chi connectivity index (χ3v) is 3.40. The molecule has 4 nitrogen and oxygen atoms in total. The molecule has 5 heteroatoms. The molecule has 1 aliphatic rings. The van der Waals surface area contributed by atoms with Crippen LogP contribution in [0.5, 0.6) is 0 Å². The highest BCUT2D eigenvalue weighted by Gasteiger charge is 2.22. The van der Waals surface area contributed by atoms with Gasteiger partial charge in [-0.05, 0) is 19.8 Å². The minimum absolute atomic E-state index is 0.682. The topological polar surface area (TPSA) is 51.0 Å². The van der Waals surface area contributed by atoms with Gasteiger partial charge in [-0.3, -0.25) is 0 Å². The zero-order chi connectivity index (χ0) is 11.0. The second kappa shape index (κ2) is 3.99. The molecular weight excluding hydrogens is 222 g/mol. The molecule has 1 fully saturated rings. The van der Waals surface area contributed by atoms with Crippen molar-refractivity contribution in [1.29, 1.82) is 0 Å². The van der Waals surface area contributed by atoms with Crippen LogP contribution in [0.1, 0.15) is 23.5 Å². The third-order valence-electron chi connectivity index (χ3n) is 2.63. The molecule has 0 atom stereocenters. The fourth-order valence-corrected chi connectivity index (χ4v) is 2.19. The van der Waals surface area contributed by atoms with Crippen LogP contribution >= 0.6 is 11.3 Å². The molecule has 0 spiro atoms. The molecule has 3 rings (SSSR count). The first-order valence-corrected chi connectivity index (χ1v) is 6.29. The fraction of sp³-hybridized carbons (Fsp3) is 0.455. The first-order valence-electron chi connectivity index (χ1n) is 5.41. The predicted molar refractivity (Wildman–Crippen MR) is 62.2 cm³/mol. The number of nitrogens with zero attached hydrogens (tertiary/aromatic N) is 2. The van der Waals surface area contributed by atoms with E-state index in [9.17, 15) is 0 Å². The van der Waals surface area contributed by atoms with Gasteiger partial charge in [0.2, 0.25) is 0 Å². The Hall–Kier alpha value is -1.20. The van der Waals surface area contributed by atoms with E-state index in [-0.39, 0.29) is 0 Å². The molecule has 1 saturated carbocycles. The molecule has 0 aromatic carbocycles. The molecule has 0 amide bonds. The SMILES string of the molecule is Cc1nc(-c2ocnc2CNC2CC2)cs1. The Bertz CT molecular complexity index is 487. The lowest BCUT2D eigenvalue weighted by atomic mass is 10.3. The van der Waals surface area contributed by atoms with Crippen molar-refractivity contribution >= 4 is 11.3 Å². The summed E-state index contributed by atoms with van der Waals surface area (Å²) >= 11 is 1.63. The summed E-state index contributed by atoms with van der Waals surface area (Å²) in [4.78, 5) is 8.65. The van der Waals surface area contributed by atoms with Crippen LogP contribution in [0.15, 0.2) is 16.2 Å². The van der Waals surface area contributed by atoms with E-state index in [1.165, 1.54) is 19.2 Å². The first kappa shape index (κ1) is 9.99. The van der Waals surface area contributed by atoms with Gasteiger partial charge in [0.05, 0.1) is 5.01 Å². The third kappa shape index (κ3) is 2.01. The quantitative estimate of drug-likeness (QED) is 0.883. The maximum absolute atomic E-state index is 5.41. The minimum atomic E-state index is 0.682. The summed E-state index contributed by atoms with van der Waals surface area (Å²) in [6.45, 7) is 2.76. The van der Waals surface area contributed by atoms with Gasteiger partial charge in [0, 0.05) is 18.0 Å². The van der Waals surface area contributed by atoms with E-state index < -0.39 is 0 Å². The number of oxazole rings is 1. The molecule has 1 aliphatic carbocycles. The molecule has 2 heterocycles. The van der Waals surface area contributed by atoms with Crippen molar-refractivity contribution in [2.24, 2.45) is 0 Å². The largest absolute Gasteiger partial charge is 0.441 e. The standard InChI is InChI=1S/C11H13N3OS/c1-7-14-10(5-16-7)11-9(13-6-15-11)4-12-8-2-3-8/h5-6,8,12H,2-4H2,1H3. The highest BCUT2D eigenvalue weighted by atomic mass is 32.1. The van der Waals surface area contributed by atoms with E-state index >= 15 is 0 Å². The Morgan fingerprint density at radius 3 is 3.12 bits per heavy atom. The summed E-state index contributed by atoms with van der Waals surface area (Å²) in [5, 5.41) is 6.49. The van der Waals surface area contributed by atoms with Gasteiger partial charge in [-0.1, -0.05) is 0 Å². The van der Waals surface area contributed by atoms with Crippen molar-refractivity contribution in [1.82, 2.24) is 15.3 Å². The van der Waals surface area contributed by atoms with Crippen LogP contribution < -0.4 is 5.32 Å². The Kier molecular flexibility index (Phi) is 2.49. The highest BCUT2D eigenvalue weighted by molar-refractivity contribution is 7.09. The summed E-state index contributed by atoms with van der Waals surface area (Å²) in [5.41, 5.74) is 1.85. The lowest BCUT2D eigenvalue weighted by Gasteiger charge is -2.00. The number of aromatic nitrogens is 2. The Morgan fingerprint density at radius 2 is 2.44 bits per heavy atom. The molecule has 0 saturated heterocycles. The van der Waals surface area contributed by atoms with E-state index in [1.54, 1.807) is 11.3 Å². The molecule has 0 unspecified atom stereocenters. The molecule has 2 aromatic heterocycles. The van der Waals surface area contributed by atoms with Crippen molar-refractivity contribution in [3.8, 4) is 11.5 Å². The van der Waals surface area contributed by atoms with Crippen molar-refractivity contribution in [2.75, 3.05) is 0 Å². The van der Waals surface area contributed by atoms with Crippen LogP contribution in [-0.2, 0) is 6.54 Å². The van der Waals surface area contributed by atoms with Gasteiger partial charge in [0.25, 0.3) is 0 Å². The predicted octanol–water partition coefficient (Wildman–Crippen LogP) is 2.36. The van der Waals surface area contributed by atoms with Gasteiger partial charge in [-0.15, -0.1) is 11.3 Å². The molecule has 84 valence electrons. The average molecular weight is 235 g/mol. The minimum Gasteiger partial charge on any atom is -0.441 e. The van der Waals surface area contributed by atoms with Gasteiger partial charge < -0.3 is 9.73 Å². The van der Waals surface area contributed by atoms with Crippen LogP contribution in [0.2, 0.25) is 0 Å². The normalized spacial score (nSPS) is 15.6. The van der Waals surface area contributed by atoms with Gasteiger partial charge in [-0.2, -0.15) is 0 Å². The Morgan fingerprint density at radius 1 is 1.56 bits per heavy atom. The maximum Gasteiger partial charge on any atom is 0.181 e.